The molecule has 1 N–H and O–H groups in total. The fourth-order valence-electron chi connectivity index (χ4n) is 1.41. The number of sulfonamides is 1. The van der Waals surface area contributed by atoms with E-state index in [2.05, 4.69) is 14.9 Å². The van der Waals surface area contributed by atoms with E-state index in [0.717, 1.165) is 17.4 Å². The molecule has 112 valence electrons. The molecule has 0 spiro atoms. The number of nitro groups is 1. The van der Waals surface area contributed by atoms with Gasteiger partial charge in [-0.25, -0.2) is 8.42 Å². The minimum absolute atomic E-state index is 0.0635. The van der Waals surface area contributed by atoms with Crippen LogP contribution in [-0.4, -0.2) is 30.6 Å². The van der Waals surface area contributed by atoms with Crippen molar-refractivity contribution in [2.75, 3.05) is 11.8 Å². The molecular formula is C10H10N4O5S2. The Morgan fingerprint density at radius 2 is 2.19 bits per heavy atom. The lowest BCUT2D eigenvalue weighted by Gasteiger charge is -2.04. The fraction of sp³-hybridized carbons (Fsp3) is 0.200. The van der Waals surface area contributed by atoms with Gasteiger partial charge in [0.15, 0.2) is 0 Å². The normalized spacial score (nSPS) is 11.3. The van der Waals surface area contributed by atoms with E-state index in [4.69, 9.17) is 4.74 Å². The van der Waals surface area contributed by atoms with E-state index < -0.39 is 14.9 Å². The van der Waals surface area contributed by atoms with Gasteiger partial charge in [0.2, 0.25) is 5.13 Å². The van der Waals surface area contributed by atoms with Gasteiger partial charge in [0.1, 0.15) is 11.6 Å². The topological polar surface area (TPSA) is 124 Å². The lowest BCUT2D eigenvalue weighted by atomic mass is 10.3. The van der Waals surface area contributed by atoms with Crippen LogP contribution in [0.4, 0.5) is 10.8 Å². The molecule has 0 radical (unpaired) electrons. The first-order valence-electron chi connectivity index (χ1n) is 5.51. The molecule has 1 aromatic heterocycles. The third-order valence-electron chi connectivity index (χ3n) is 2.30. The summed E-state index contributed by atoms with van der Waals surface area (Å²) in [5.41, 5.74) is -0.310. The molecule has 0 fully saturated rings. The number of nitrogens with zero attached hydrogens (tertiary/aromatic N) is 3. The summed E-state index contributed by atoms with van der Waals surface area (Å²) in [6, 6.07) is 4.73. The number of methoxy groups -OCH3 is 1. The average Bonchev–Trinajstić information content (AvgIpc) is 2.86. The maximum absolute atomic E-state index is 12.1. The first kappa shape index (κ1) is 15.3. The van der Waals surface area contributed by atoms with Gasteiger partial charge in [0.05, 0.1) is 9.82 Å². The number of anilines is 1. The number of non-ortho nitro benzene ring substituents is 1. The number of hydrogen-bond acceptors (Lipinski definition) is 8. The highest BCUT2D eigenvalue weighted by atomic mass is 32.2. The van der Waals surface area contributed by atoms with Crippen LogP contribution in [0.25, 0.3) is 0 Å². The van der Waals surface area contributed by atoms with Crippen molar-refractivity contribution in [2.24, 2.45) is 0 Å². The first-order chi connectivity index (χ1) is 9.92. The second-order valence-corrected chi connectivity index (χ2v) is 6.54. The van der Waals surface area contributed by atoms with E-state index in [9.17, 15) is 18.5 Å². The van der Waals surface area contributed by atoms with Crippen LogP contribution in [0, 0.1) is 10.1 Å². The number of nitrogens with one attached hydrogen (secondary N) is 1. The van der Waals surface area contributed by atoms with Crippen molar-refractivity contribution < 1.29 is 18.1 Å². The minimum atomic E-state index is -3.96. The van der Waals surface area contributed by atoms with Gasteiger partial charge >= 0.3 is 0 Å². The summed E-state index contributed by atoms with van der Waals surface area (Å²) >= 11 is 1.02. The van der Waals surface area contributed by atoms with Crippen molar-refractivity contribution in [2.45, 2.75) is 11.5 Å². The Morgan fingerprint density at radius 1 is 1.43 bits per heavy atom. The molecule has 9 nitrogen and oxygen atoms in total. The van der Waals surface area contributed by atoms with Crippen LogP contribution in [0.3, 0.4) is 0 Å². The highest BCUT2D eigenvalue weighted by Crippen LogP contribution is 2.22. The minimum Gasteiger partial charge on any atom is -0.377 e. The molecule has 0 saturated carbocycles. The van der Waals surface area contributed by atoms with Gasteiger partial charge in [-0.2, -0.15) is 0 Å². The smallest absolute Gasteiger partial charge is 0.270 e. The molecule has 0 aliphatic carbocycles. The van der Waals surface area contributed by atoms with Gasteiger partial charge in [0.25, 0.3) is 15.7 Å². The van der Waals surface area contributed by atoms with Crippen molar-refractivity contribution in [3.63, 3.8) is 0 Å². The molecule has 0 amide bonds. The molecule has 1 aromatic carbocycles. The molecule has 21 heavy (non-hydrogen) atoms. The maximum atomic E-state index is 12.1. The van der Waals surface area contributed by atoms with Crippen molar-refractivity contribution >= 4 is 32.2 Å². The predicted octanol–water partition coefficient (Wildman–Crippen LogP) is 1.39. The fourth-order valence-corrected chi connectivity index (χ4v) is 3.40. The van der Waals surface area contributed by atoms with Crippen LogP contribution in [-0.2, 0) is 21.4 Å². The Kier molecular flexibility index (Phi) is 4.45. The Hall–Kier alpha value is -2.11. The van der Waals surface area contributed by atoms with E-state index >= 15 is 0 Å². The monoisotopic (exact) mass is 330 g/mol. The van der Waals surface area contributed by atoms with Gasteiger partial charge < -0.3 is 4.74 Å². The number of hydrogen-bond donors (Lipinski definition) is 1. The molecule has 0 bridgehead atoms. The molecule has 1 heterocycles. The second kappa shape index (κ2) is 6.11. The summed E-state index contributed by atoms with van der Waals surface area (Å²) in [5.74, 6) is 0. The molecular weight excluding hydrogens is 320 g/mol. The molecule has 11 heteroatoms. The van der Waals surface area contributed by atoms with Crippen molar-refractivity contribution in [1.82, 2.24) is 10.2 Å². The van der Waals surface area contributed by atoms with E-state index in [1.54, 1.807) is 0 Å². The zero-order valence-corrected chi connectivity index (χ0v) is 12.3. The first-order valence-corrected chi connectivity index (χ1v) is 7.81. The molecule has 0 aliphatic rings. The third kappa shape index (κ3) is 3.71. The largest absolute Gasteiger partial charge is 0.377 e. The Bertz CT molecular complexity index is 758. The van der Waals surface area contributed by atoms with Crippen LogP contribution < -0.4 is 4.72 Å². The third-order valence-corrected chi connectivity index (χ3v) is 4.57. The highest BCUT2D eigenvalue weighted by Gasteiger charge is 2.19. The van der Waals surface area contributed by atoms with E-state index in [-0.39, 0.29) is 22.3 Å². The van der Waals surface area contributed by atoms with Crippen LogP contribution in [0.1, 0.15) is 5.01 Å². The summed E-state index contributed by atoms with van der Waals surface area (Å²) in [6.07, 6.45) is 0. The van der Waals surface area contributed by atoms with Gasteiger partial charge in [-0.1, -0.05) is 17.4 Å². The molecule has 0 saturated heterocycles. The molecule has 0 aliphatic heterocycles. The number of ether oxygens (including phenoxy) is 1. The average molecular weight is 330 g/mol. The van der Waals surface area contributed by atoms with Crippen LogP contribution in [0.5, 0.6) is 0 Å². The Labute approximate surface area is 123 Å². The number of benzene rings is 1. The van der Waals surface area contributed by atoms with E-state index in [0.29, 0.717) is 5.01 Å². The van der Waals surface area contributed by atoms with Gasteiger partial charge in [-0.15, -0.1) is 10.2 Å². The molecule has 0 atom stereocenters. The molecule has 2 aromatic rings. The Morgan fingerprint density at radius 3 is 2.86 bits per heavy atom. The summed E-state index contributed by atoms with van der Waals surface area (Å²) in [5, 5.41) is 18.6. The summed E-state index contributed by atoms with van der Waals surface area (Å²) in [7, 11) is -2.48. The van der Waals surface area contributed by atoms with Crippen LogP contribution in [0.15, 0.2) is 29.2 Å². The molecule has 2 rings (SSSR count). The van der Waals surface area contributed by atoms with E-state index in [1.165, 1.54) is 25.3 Å². The van der Waals surface area contributed by atoms with Gasteiger partial charge in [0, 0.05) is 19.2 Å². The van der Waals surface area contributed by atoms with Gasteiger partial charge in [-0.05, 0) is 6.07 Å². The SMILES string of the molecule is COCc1nnc(NS(=O)(=O)c2cccc([N+](=O)[O-])c2)s1. The molecule has 0 unspecified atom stereocenters. The maximum Gasteiger partial charge on any atom is 0.270 e. The van der Waals surface area contributed by atoms with Crippen molar-refractivity contribution in [3.05, 3.63) is 39.4 Å². The van der Waals surface area contributed by atoms with E-state index in [1.807, 2.05) is 0 Å². The van der Waals surface area contributed by atoms with Crippen LogP contribution >= 0.6 is 11.3 Å². The number of aromatic nitrogens is 2. The standard InChI is InChI=1S/C10H10N4O5S2/c1-19-6-9-11-12-10(20-9)13-21(17,18)8-4-2-3-7(5-8)14(15)16/h2-5H,6H2,1H3,(H,12,13). The zero-order chi connectivity index (χ0) is 15.5. The zero-order valence-electron chi connectivity index (χ0n) is 10.7. The van der Waals surface area contributed by atoms with Gasteiger partial charge in [-0.3, -0.25) is 14.8 Å². The predicted molar refractivity (Wildman–Crippen MR) is 74.5 cm³/mol. The van der Waals surface area contributed by atoms with Crippen molar-refractivity contribution in [1.29, 1.82) is 0 Å². The number of nitro benzene ring substituents is 1. The summed E-state index contributed by atoms with van der Waals surface area (Å²) in [6.45, 7) is 0.218. The highest BCUT2D eigenvalue weighted by molar-refractivity contribution is 7.93. The van der Waals surface area contributed by atoms with Crippen LogP contribution in [0.2, 0.25) is 0 Å². The summed E-state index contributed by atoms with van der Waals surface area (Å²) < 4.78 is 31.3. The number of rotatable bonds is 6. The second-order valence-electron chi connectivity index (χ2n) is 3.79. The summed E-state index contributed by atoms with van der Waals surface area (Å²) in [4.78, 5) is 9.78. The van der Waals surface area contributed by atoms with Crippen molar-refractivity contribution in [3.8, 4) is 0 Å². The lowest BCUT2D eigenvalue weighted by molar-refractivity contribution is -0.385. The lowest BCUT2D eigenvalue weighted by Crippen LogP contribution is -2.13. The quantitative estimate of drug-likeness (QED) is 0.626. The Balaban J connectivity index is 2.25.